The second-order valence-corrected chi connectivity index (χ2v) is 10.5. The second-order valence-electron chi connectivity index (χ2n) is 10.5. The number of hydrogen-bond donors (Lipinski definition) is 0. The van der Waals surface area contributed by atoms with Gasteiger partial charge >= 0.3 is 5.97 Å². The average molecular weight is 558 g/mol. The van der Waals surface area contributed by atoms with Crippen LogP contribution >= 0.6 is 0 Å². The van der Waals surface area contributed by atoms with Crippen LogP contribution in [0.15, 0.2) is 37.4 Å². The molecule has 1 aromatic carbocycles. The molecular weight excluding hydrogens is 510 g/mol. The van der Waals surface area contributed by atoms with E-state index in [4.69, 9.17) is 23.7 Å². The number of rotatable bonds is 16. The van der Waals surface area contributed by atoms with E-state index < -0.39 is 12.0 Å². The van der Waals surface area contributed by atoms with Crippen molar-refractivity contribution in [2.75, 3.05) is 47.2 Å². The van der Waals surface area contributed by atoms with Crippen molar-refractivity contribution in [3.63, 3.8) is 0 Å². The maximum atomic E-state index is 14.4. The molecule has 0 radical (unpaired) electrons. The van der Waals surface area contributed by atoms with Crippen LogP contribution in [0.4, 0.5) is 0 Å². The van der Waals surface area contributed by atoms with Crippen molar-refractivity contribution >= 4 is 11.9 Å². The van der Waals surface area contributed by atoms with Crippen molar-refractivity contribution in [1.82, 2.24) is 4.90 Å². The van der Waals surface area contributed by atoms with Crippen LogP contribution in [0.2, 0.25) is 0 Å². The molecule has 8 heteroatoms. The molecule has 1 amide bonds. The molecule has 1 aliphatic carbocycles. The molecule has 3 rings (SSSR count). The zero-order valence-corrected chi connectivity index (χ0v) is 24.4. The average Bonchev–Trinajstić information content (AvgIpc) is 2.99. The summed E-state index contributed by atoms with van der Waals surface area (Å²) in [5.41, 5.74) is 0.830. The molecule has 0 aromatic heterocycles. The summed E-state index contributed by atoms with van der Waals surface area (Å²) in [6.07, 6.45) is 12.4. The molecule has 222 valence electrons. The van der Waals surface area contributed by atoms with Gasteiger partial charge in [-0.15, -0.1) is 13.2 Å². The first kappa shape index (κ1) is 31.5. The van der Waals surface area contributed by atoms with Gasteiger partial charge in [-0.3, -0.25) is 4.79 Å². The molecule has 2 aliphatic rings. The zero-order chi connectivity index (χ0) is 28.7. The highest BCUT2D eigenvalue weighted by Crippen LogP contribution is 2.45. The Hall–Kier alpha value is -3.00. The van der Waals surface area contributed by atoms with Crippen molar-refractivity contribution in [1.29, 1.82) is 0 Å². The fourth-order valence-corrected chi connectivity index (χ4v) is 5.79. The highest BCUT2D eigenvalue weighted by molar-refractivity contribution is 5.89. The number of methoxy groups -OCH3 is 2. The molecule has 1 aromatic rings. The lowest BCUT2D eigenvalue weighted by Crippen LogP contribution is -2.51. The first-order valence-electron chi connectivity index (χ1n) is 14.7. The molecule has 2 atom stereocenters. The molecule has 1 heterocycles. The van der Waals surface area contributed by atoms with Crippen molar-refractivity contribution < 1.29 is 33.3 Å². The molecule has 1 saturated heterocycles. The van der Waals surface area contributed by atoms with E-state index in [2.05, 4.69) is 13.2 Å². The van der Waals surface area contributed by atoms with Crippen molar-refractivity contribution in [3.05, 3.63) is 43.0 Å². The van der Waals surface area contributed by atoms with Crippen LogP contribution in [0.5, 0.6) is 17.2 Å². The zero-order valence-electron chi connectivity index (χ0n) is 24.4. The molecule has 0 bridgehead atoms. The van der Waals surface area contributed by atoms with E-state index in [-0.39, 0.29) is 24.4 Å². The summed E-state index contributed by atoms with van der Waals surface area (Å²) < 4.78 is 28.5. The summed E-state index contributed by atoms with van der Waals surface area (Å²) >= 11 is 0. The van der Waals surface area contributed by atoms with Gasteiger partial charge in [0.1, 0.15) is 6.04 Å². The van der Waals surface area contributed by atoms with Crippen LogP contribution in [-0.4, -0.2) is 70.0 Å². The Morgan fingerprint density at radius 2 is 1.70 bits per heavy atom. The SMILES string of the molecule is C=CCCOC(=O)[C@@H]1CCCCN1C(=O)[C@H](c1cc(OC)c(OC)c(OCCCOCC=C)c1)C1CCCCC1. The number of amides is 1. The minimum Gasteiger partial charge on any atom is -0.493 e. The molecule has 2 fully saturated rings. The fraction of sp³-hybridized carbons (Fsp3) is 0.625. The summed E-state index contributed by atoms with van der Waals surface area (Å²) in [5, 5.41) is 0. The number of benzene rings is 1. The minimum atomic E-state index is -0.566. The number of hydrogen-bond acceptors (Lipinski definition) is 7. The third kappa shape index (κ3) is 8.50. The maximum absolute atomic E-state index is 14.4. The van der Waals surface area contributed by atoms with Gasteiger partial charge in [0, 0.05) is 13.0 Å². The Kier molecular flexibility index (Phi) is 13.4. The Morgan fingerprint density at radius 1 is 0.950 bits per heavy atom. The van der Waals surface area contributed by atoms with Gasteiger partial charge in [-0.1, -0.05) is 31.4 Å². The maximum Gasteiger partial charge on any atom is 0.328 e. The molecule has 40 heavy (non-hydrogen) atoms. The Morgan fingerprint density at radius 3 is 2.40 bits per heavy atom. The lowest BCUT2D eigenvalue weighted by Gasteiger charge is -2.39. The van der Waals surface area contributed by atoms with Crippen LogP contribution in [0.25, 0.3) is 0 Å². The summed E-state index contributed by atoms with van der Waals surface area (Å²) in [4.78, 5) is 29.3. The van der Waals surface area contributed by atoms with E-state index in [9.17, 15) is 9.59 Å². The highest BCUT2D eigenvalue weighted by atomic mass is 16.5. The molecule has 1 saturated carbocycles. The lowest BCUT2D eigenvalue weighted by atomic mass is 9.75. The monoisotopic (exact) mass is 557 g/mol. The van der Waals surface area contributed by atoms with Gasteiger partial charge in [-0.05, 0) is 62.1 Å². The first-order chi connectivity index (χ1) is 19.5. The Labute approximate surface area is 239 Å². The van der Waals surface area contributed by atoms with Gasteiger partial charge in [0.25, 0.3) is 0 Å². The van der Waals surface area contributed by atoms with Crippen molar-refractivity contribution in [3.8, 4) is 17.2 Å². The van der Waals surface area contributed by atoms with Crippen molar-refractivity contribution in [2.45, 2.75) is 76.2 Å². The molecule has 0 unspecified atom stereocenters. The number of carbonyl (C=O) groups excluding carboxylic acids is 2. The standard InChI is InChI=1S/C32H47NO7/c1-5-7-20-40-32(35)26-16-11-12-17-33(26)31(34)29(24-14-9-8-10-15-24)25-22-27(36-3)30(37-4)28(23-25)39-21-13-19-38-18-6-2/h5-6,22-24,26,29H,1-2,7-21H2,3-4H3/t26-,29-/m0/s1. The second kappa shape index (κ2) is 17.0. The molecular formula is C32H47NO7. The Bertz CT molecular complexity index is 972. The quantitative estimate of drug-likeness (QED) is 0.143. The van der Waals surface area contributed by atoms with Gasteiger partial charge in [-0.2, -0.15) is 0 Å². The third-order valence-corrected chi connectivity index (χ3v) is 7.76. The van der Waals surface area contributed by atoms with E-state index >= 15 is 0 Å². The number of nitrogens with zero attached hydrogens (tertiary/aromatic N) is 1. The molecule has 1 aliphatic heterocycles. The third-order valence-electron chi connectivity index (χ3n) is 7.76. The van der Waals surface area contributed by atoms with Crippen LogP contribution in [0.3, 0.4) is 0 Å². The lowest BCUT2D eigenvalue weighted by molar-refractivity contribution is -0.158. The Balaban J connectivity index is 1.92. The van der Waals surface area contributed by atoms with Gasteiger partial charge in [0.15, 0.2) is 11.5 Å². The van der Waals surface area contributed by atoms with Crippen LogP contribution in [-0.2, 0) is 19.1 Å². The van der Waals surface area contributed by atoms with Gasteiger partial charge in [0.05, 0.1) is 46.6 Å². The van der Waals surface area contributed by atoms with E-state index in [1.165, 1.54) is 6.42 Å². The smallest absolute Gasteiger partial charge is 0.328 e. The van der Waals surface area contributed by atoms with E-state index in [0.717, 1.165) is 44.1 Å². The minimum absolute atomic E-state index is 0.0201. The van der Waals surface area contributed by atoms with Gasteiger partial charge in [-0.25, -0.2) is 4.79 Å². The highest BCUT2D eigenvalue weighted by Gasteiger charge is 2.40. The van der Waals surface area contributed by atoms with Crippen molar-refractivity contribution in [2.24, 2.45) is 5.92 Å². The first-order valence-corrected chi connectivity index (χ1v) is 14.7. The number of ether oxygens (including phenoxy) is 5. The predicted molar refractivity (Wildman–Crippen MR) is 155 cm³/mol. The number of esters is 1. The normalized spacial score (nSPS) is 18.4. The predicted octanol–water partition coefficient (Wildman–Crippen LogP) is 5.84. The van der Waals surface area contributed by atoms with Crippen LogP contribution in [0.1, 0.15) is 75.7 Å². The fourth-order valence-electron chi connectivity index (χ4n) is 5.79. The van der Waals surface area contributed by atoms with Crippen LogP contribution in [0, 0.1) is 5.92 Å². The summed E-state index contributed by atoms with van der Waals surface area (Å²) in [6, 6.07) is 3.26. The van der Waals surface area contributed by atoms with Gasteiger partial charge in [0.2, 0.25) is 11.7 Å². The summed E-state index contributed by atoms with van der Waals surface area (Å²) in [5.74, 6) is 0.952. The van der Waals surface area contributed by atoms with E-state index in [1.807, 2.05) is 12.1 Å². The molecule has 8 nitrogen and oxygen atoms in total. The van der Waals surface area contributed by atoms with Crippen LogP contribution < -0.4 is 14.2 Å². The van der Waals surface area contributed by atoms with E-state index in [1.54, 1.807) is 31.3 Å². The van der Waals surface area contributed by atoms with Gasteiger partial charge < -0.3 is 28.6 Å². The number of carbonyl (C=O) groups is 2. The summed E-state index contributed by atoms with van der Waals surface area (Å²) in [7, 11) is 3.17. The topological polar surface area (TPSA) is 83.5 Å². The largest absolute Gasteiger partial charge is 0.493 e. The van der Waals surface area contributed by atoms with E-state index in [0.29, 0.717) is 62.9 Å². The summed E-state index contributed by atoms with van der Waals surface area (Å²) in [6.45, 7) is 9.66. The molecule has 0 spiro atoms. The number of likely N-dealkylation sites (tertiary alicyclic amines) is 1. The number of piperidine rings is 1. The molecule has 0 N–H and O–H groups in total.